The zero-order valence-corrected chi connectivity index (χ0v) is 16.8. The number of hydrogen-bond donors (Lipinski definition) is 1. The summed E-state index contributed by atoms with van der Waals surface area (Å²) in [6.45, 7) is 2.92. The number of benzene rings is 3. The van der Waals surface area contributed by atoms with Gasteiger partial charge in [0, 0.05) is 37.4 Å². The Morgan fingerprint density at radius 2 is 1.37 bits per heavy atom. The normalized spacial score (nSPS) is 13.7. The number of rotatable bonds is 5. The zero-order chi connectivity index (χ0) is 20.8. The number of carbonyl (C=O) groups excluding carboxylic acids is 2. The highest BCUT2D eigenvalue weighted by Gasteiger charge is 2.21. The van der Waals surface area contributed by atoms with Crippen LogP contribution in [0.5, 0.6) is 0 Å². The Morgan fingerprint density at radius 3 is 2.07 bits per heavy atom. The molecule has 0 aromatic heterocycles. The second-order valence-corrected chi connectivity index (χ2v) is 7.33. The maximum Gasteiger partial charge on any atom is 0.251 e. The van der Waals surface area contributed by atoms with Crippen LogP contribution in [0.3, 0.4) is 0 Å². The molecule has 0 bridgehead atoms. The van der Waals surface area contributed by atoms with Gasteiger partial charge in [-0.05, 0) is 35.4 Å². The lowest BCUT2D eigenvalue weighted by atomic mass is 10.0. The molecule has 5 heteroatoms. The minimum atomic E-state index is -0.232. The smallest absolute Gasteiger partial charge is 0.251 e. The lowest BCUT2D eigenvalue weighted by Gasteiger charge is -2.36. The van der Waals surface area contributed by atoms with Crippen molar-refractivity contribution in [3.05, 3.63) is 90.5 Å². The number of para-hydroxylation sites is 1. The van der Waals surface area contributed by atoms with Gasteiger partial charge in [-0.25, -0.2) is 0 Å². The maximum atomic E-state index is 12.6. The van der Waals surface area contributed by atoms with E-state index in [-0.39, 0.29) is 18.4 Å². The molecule has 0 atom stereocenters. The number of nitrogens with one attached hydrogen (secondary N) is 1. The number of amides is 2. The third-order valence-corrected chi connectivity index (χ3v) is 5.39. The van der Waals surface area contributed by atoms with Gasteiger partial charge in [0.25, 0.3) is 5.91 Å². The summed E-state index contributed by atoms with van der Waals surface area (Å²) in [4.78, 5) is 29.2. The van der Waals surface area contributed by atoms with Gasteiger partial charge in [0.2, 0.25) is 5.91 Å². The van der Waals surface area contributed by atoms with E-state index in [2.05, 4.69) is 22.3 Å². The fourth-order valence-electron chi connectivity index (χ4n) is 3.69. The van der Waals surface area contributed by atoms with E-state index in [4.69, 9.17) is 0 Å². The lowest BCUT2D eigenvalue weighted by molar-refractivity contribution is -0.130. The molecule has 0 unspecified atom stereocenters. The Bertz CT molecular complexity index is 997. The summed E-state index contributed by atoms with van der Waals surface area (Å²) >= 11 is 0. The van der Waals surface area contributed by atoms with E-state index in [1.54, 1.807) is 6.07 Å². The molecule has 1 aliphatic heterocycles. The molecule has 152 valence electrons. The van der Waals surface area contributed by atoms with Crippen LogP contribution in [0.4, 0.5) is 5.69 Å². The van der Waals surface area contributed by atoms with E-state index in [1.165, 1.54) is 5.69 Å². The van der Waals surface area contributed by atoms with Gasteiger partial charge in [0.05, 0.1) is 6.54 Å². The Labute approximate surface area is 176 Å². The van der Waals surface area contributed by atoms with Crippen LogP contribution < -0.4 is 10.2 Å². The molecule has 3 aromatic carbocycles. The van der Waals surface area contributed by atoms with Crippen LogP contribution in [0.15, 0.2) is 84.9 Å². The third-order valence-electron chi connectivity index (χ3n) is 5.39. The molecule has 2 amide bonds. The van der Waals surface area contributed by atoms with Crippen LogP contribution in [0.2, 0.25) is 0 Å². The average Bonchev–Trinajstić information content (AvgIpc) is 2.83. The van der Waals surface area contributed by atoms with Crippen molar-refractivity contribution >= 4 is 17.5 Å². The summed E-state index contributed by atoms with van der Waals surface area (Å²) in [6.07, 6.45) is 0. The second-order valence-electron chi connectivity index (χ2n) is 7.33. The molecule has 1 heterocycles. The van der Waals surface area contributed by atoms with Crippen molar-refractivity contribution in [2.75, 3.05) is 37.6 Å². The molecule has 30 heavy (non-hydrogen) atoms. The summed E-state index contributed by atoms with van der Waals surface area (Å²) in [6, 6.07) is 27.6. The van der Waals surface area contributed by atoms with Gasteiger partial charge in [-0.1, -0.05) is 60.7 Å². The Morgan fingerprint density at radius 1 is 0.733 bits per heavy atom. The highest BCUT2D eigenvalue weighted by Crippen LogP contribution is 2.20. The first-order valence-corrected chi connectivity index (χ1v) is 10.2. The number of hydrogen-bond acceptors (Lipinski definition) is 3. The summed E-state index contributed by atoms with van der Waals surface area (Å²) in [5.74, 6) is -0.278. The Hall–Kier alpha value is -3.60. The molecule has 1 saturated heterocycles. The van der Waals surface area contributed by atoms with Crippen molar-refractivity contribution in [3.63, 3.8) is 0 Å². The molecule has 3 aromatic rings. The minimum absolute atomic E-state index is 0.0136. The maximum absolute atomic E-state index is 12.6. The molecular formula is C25H25N3O2. The summed E-state index contributed by atoms with van der Waals surface area (Å²) < 4.78 is 0. The highest BCUT2D eigenvalue weighted by molar-refractivity contribution is 5.97. The van der Waals surface area contributed by atoms with Gasteiger partial charge < -0.3 is 15.1 Å². The Balaban J connectivity index is 1.30. The molecule has 1 N–H and O–H groups in total. The average molecular weight is 399 g/mol. The highest BCUT2D eigenvalue weighted by atomic mass is 16.2. The number of nitrogens with zero attached hydrogens (tertiary/aromatic N) is 2. The predicted molar refractivity (Wildman–Crippen MR) is 119 cm³/mol. The van der Waals surface area contributed by atoms with Crippen LogP contribution in [0.1, 0.15) is 10.4 Å². The first-order chi connectivity index (χ1) is 14.7. The molecule has 1 aliphatic rings. The standard InChI is InChI=1S/C25H25N3O2/c29-24(28-16-14-27(15-17-28)23-12-5-2-6-13-23)19-26-25(30)22-11-7-10-21(18-22)20-8-3-1-4-9-20/h1-13,18H,14-17,19H2,(H,26,30). The largest absolute Gasteiger partial charge is 0.368 e. The molecule has 0 spiro atoms. The first-order valence-electron chi connectivity index (χ1n) is 10.2. The van der Waals surface area contributed by atoms with Crippen LogP contribution >= 0.6 is 0 Å². The minimum Gasteiger partial charge on any atom is -0.368 e. The molecule has 0 saturated carbocycles. The fraction of sp³-hybridized carbons (Fsp3) is 0.200. The van der Waals surface area contributed by atoms with Gasteiger partial charge in [0.15, 0.2) is 0 Å². The van der Waals surface area contributed by atoms with E-state index >= 15 is 0 Å². The van der Waals surface area contributed by atoms with Crippen molar-refractivity contribution in [2.24, 2.45) is 0 Å². The molecule has 5 nitrogen and oxygen atoms in total. The SMILES string of the molecule is O=C(NCC(=O)N1CCN(c2ccccc2)CC1)c1cccc(-c2ccccc2)c1. The summed E-state index contributed by atoms with van der Waals surface area (Å²) in [5.41, 5.74) is 3.76. The number of anilines is 1. The van der Waals surface area contributed by atoms with Crippen LogP contribution in [0, 0.1) is 0 Å². The van der Waals surface area contributed by atoms with Crippen molar-refractivity contribution < 1.29 is 9.59 Å². The van der Waals surface area contributed by atoms with E-state index in [1.807, 2.05) is 71.6 Å². The lowest BCUT2D eigenvalue weighted by Crippen LogP contribution is -2.51. The second kappa shape index (κ2) is 9.27. The molecular weight excluding hydrogens is 374 g/mol. The number of carbonyl (C=O) groups is 2. The molecule has 4 rings (SSSR count). The number of piperazine rings is 1. The summed E-state index contributed by atoms with van der Waals surface area (Å²) in [7, 11) is 0. The van der Waals surface area contributed by atoms with Crippen LogP contribution in [-0.4, -0.2) is 49.4 Å². The quantitative estimate of drug-likeness (QED) is 0.715. The van der Waals surface area contributed by atoms with Crippen molar-refractivity contribution in [1.29, 1.82) is 0 Å². The first kappa shape index (κ1) is 19.7. The van der Waals surface area contributed by atoms with Gasteiger partial charge in [0.1, 0.15) is 0 Å². The van der Waals surface area contributed by atoms with Crippen LogP contribution in [0.25, 0.3) is 11.1 Å². The summed E-state index contributed by atoms with van der Waals surface area (Å²) in [5, 5.41) is 2.77. The topological polar surface area (TPSA) is 52.7 Å². The molecule has 1 fully saturated rings. The molecule has 0 aliphatic carbocycles. The van der Waals surface area contributed by atoms with Gasteiger partial charge in [-0.2, -0.15) is 0 Å². The van der Waals surface area contributed by atoms with Gasteiger partial charge in [-0.15, -0.1) is 0 Å². The molecule has 0 radical (unpaired) electrons. The third kappa shape index (κ3) is 4.69. The predicted octanol–water partition coefficient (Wildman–Crippen LogP) is 3.43. The van der Waals surface area contributed by atoms with Gasteiger partial charge in [-0.3, -0.25) is 9.59 Å². The van der Waals surface area contributed by atoms with Gasteiger partial charge >= 0.3 is 0 Å². The van der Waals surface area contributed by atoms with Crippen LogP contribution in [-0.2, 0) is 4.79 Å². The zero-order valence-electron chi connectivity index (χ0n) is 16.8. The van der Waals surface area contributed by atoms with E-state index in [0.717, 1.165) is 24.2 Å². The van der Waals surface area contributed by atoms with Crippen molar-refractivity contribution in [3.8, 4) is 11.1 Å². The van der Waals surface area contributed by atoms with Crippen molar-refractivity contribution in [2.45, 2.75) is 0 Å². The Kier molecular flexibility index (Phi) is 6.09. The van der Waals surface area contributed by atoms with E-state index in [0.29, 0.717) is 18.7 Å². The van der Waals surface area contributed by atoms with Crippen molar-refractivity contribution in [1.82, 2.24) is 10.2 Å². The monoisotopic (exact) mass is 399 g/mol. The fourth-order valence-corrected chi connectivity index (χ4v) is 3.69. The van der Waals surface area contributed by atoms with E-state index < -0.39 is 0 Å². The van der Waals surface area contributed by atoms with E-state index in [9.17, 15) is 9.59 Å².